The Morgan fingerprint density at radius 2 is 1.97 bits per heavy atom. The lowest BCUT2D eigenvalue weighted by molar-refractivity contribution is -0.129. The van der Waals surface area contributed by atoms with Gasteiger partial charge in [-0.3, -0.25) is 9.59 Å². The van der Waals surface area contributed by atoms with Gasteiger partial charge in [0.2, 0.25) is 5.91 Å². The molecular weight excluding hydrogens is 420 g/mol. The summed E-state index contributed by atoms with van der Waals surface area (Å²) in [5.41, 5.74) is 5.19. The number of fused-ring (bicyclic) bond motifs is 2. The van der Waals surface area contributed by atoms with Crippen LogP contribution in [0.5, 0.6) is 0 Å². The summed E-state index contributed by atoms with van der Waals surface area (Å²) in [6, 6.07) is 12.3. The number of likely N-dealkylation sites (tertiary alicyclic amines) is 1. The van der Waals surface area contributed by atoms with Crippen LogP contribution in [0.25, 0.3) is 21.1 Å². The van der Waals surface area contributed by atoms with E-state index in [9.17, 15) is 9.59 Å². The number of thiophene rings is 1. The molecule has 2 amide bonds. The summed E-state index contributed by atoms with van der Waals surface area (Å²) in [5, 5.41) is 4.92. The quantitative estimate of drug-likeness (QED) is 0.470. The van der Waals surface area contributed by atoms with Crippen LogP contribution in [-0.2, 0) is 11.2 Å². The highest BCUT2D eigenvalue weighted by molar-refractivity contribution is 7.21. The predicted octanol–water partition coefficient (Wildman–Crippen LogP) is 5.18. The Morgan fingerprint density at radius 3 is 2.78 bits per heavy atom. The van der Waals surface area contributed by atoms with Crippen molar-refractivity contribution in [2.24, 2.45) is 0 Å². The molecule has 0 spiro atoms. The maximum atomic E-state index is 13.2. The zero-order valence-electron chi connectivity index (χ0n) is 18.5. The van der Waals surface area contributed by atoms with Crippen molar-refractivity contribution in [3.8, 4) is 0 Å². The van der Waals surface area contributed by atoms with Crippen LogP contribution in [0.2, 0.25) is 0 Å². The molecule has 1 N–H and O–H groups in total. The number of nitrogens with zero attached hydrogens (tertiary/aromatic N) is 1. The summed E-state index contributed by atoms with van der Waals surface area (Å²) in [6.07, 6.45) is 2.91. The Hall–Kier alpha value is -3.12. The van der Waals surface area contributed by atoms with E-state index >= 15 is 0 Å². The molecule has 0 bridgehead atoms. The molecule has 2 aromatic heterocycles. The third kappa shape index (κ3) is 3.39. The number of furan rings is 1. The normalized spacial score (nSPS) is 16.2. The lowest BCUT2D eigenvalue weighted by Crippen LogP contribution is -2.30. The fraction of sp³-hybridized carbons (Fsp3) is 0.308. The van der Waals surface area contributed by atoms with Gasteiger partial charge < -0.3 is 14.6 Å². The first-order chi connectivity index (χ1) is 15.5. The van der Waals surface area contributed by atoms with E-state index in [-0.39, 0.29) is 17.7 Å². The van der Waals surface area contributed by atoms with Gasteiger partial charge in [0.15, 0.2) is 0 Å². The number of benzene rings is 2. The van der Waals surface area contributed by atoms with E-state index in [1.54, 1.807) is 13.3 Å². The average molecular weight is 447 g/mol. The zero-order chi connectivity index (χ0) is 22.4. The number of hydrogen-bond acceptors (Lipinski definition) is 4. The largest absolute Gasteiger partial charge is 0.464 e. The molecule has 3 heterocycles. The van der Waals surface area contributed by atoms with Crippen molar-refractivity contribution >= 4 is 44.2 Å². The fourth-order valence-electron chi connectivity index (χ4n) is 4.78. The van der Waals surface area contributed by atoms with E-state index in [4.69, 9.17) is 4.42 Å². The van der Waals surface area contributed by atoms with Gasteiger partial charge >= 0.3 is 0 Å². The van der Waals surface area contributed by atoms with Crippen LogP contribution in [0, 0.1) is 13.8 Å². The summed E-state index contributed by atoms with van der Waals surface area (Å²) in [7, 11) is 1.67. The molecule has 5 nitrogen and oxygen atoms in total. The highest BCUT2D eigenvalue weighted by atomic mass is 32.1. The summed E-state index contributed by atoms with van der Waals surface area (Å²) in [5.74, 6) is 0.212. The second-order valence-electron chi connectivity index (χ2n) is 8.57. The summed E-state index contributed by atoms with van der Waals surface area (Å²) >= 11 is 1.53. The molecule has 4 aromatic rings. The summed E-state index contributed by atoms with van der Waals surface area (Å²) < 4.78 is 6.91. The molecular formula is C26H26N2O3S. The molecule has 1 atom stereocenters. The highest BCUT2D eigenvalue weighted by Crippen LogP contribution is 2.40. The molecule has 1 unspecified atom stereocenters. The topological polar surface area (TPSA) is 62.6 Å². The first-order valence-corrected chi connectivity index (χ1v) is 11.8. The molecule has 2 aromatic carbocycles. The maximum absolute atomic E-state index is 13.2. The Bertz CT molecular complexity index is 1350. The second-order valence-corrected chi connectivity index (χ2v) is 9.62. The third-order valence-corrected chi connectivity index (χ3v) is 7.89. The van der Waals surface area contributed by atoms with E-state index in [2.05, 4.69) is 30.4 Å². The van der Waals surface area contributed by atoms with E-state index < -0.39 is 0 Å². The van der Waals surface area contributed by atoms with Crippen molar-refractivity contribution in [3.05, 3.63) is 69.8 Å². The van der Waals surface area contributed by atoms with E-state index in [0.717, 1.165) is 49.0 Å². The monoisotopic (exact) mass is 446 g/mol. The average Bonchev–Trinajstić information content (AvgIpc) is 3.52. The minimum absolute atomic E-state index is 0.0542. The van der Waals surface area contributed by atoms with Crippen molar-refractivity contribution in [2.75, 3.05) is 20.1 Å². The Labute approximate surface area is 191 Å². The lowest BCUT2D eigenvalue weighted by Gasteiger charge is -2.17. The van der Waals surface area contributed by atoms with Crippen molar-refractivity contribution in [1.82, 2.24) is 10.2 Å². The summed E-state index contributed by atoms with van der Waals surface area (Å²) in [4.78, 5) is 28.4. The molecule has 164 valence electrons. The van der Waals surface area contributed by atoms with Gasteiger partial charge in [0.05, 0.1) is 17.6 Å². The lowest BCUT2D eigenvalue weighted by atomic mass is 9.95. The molecule has 1 fully saturated rings. The van der Waals surface area contributed by atoms with Crippen molar-refractivity contribution in [2.45, 2.75) is 32.6 Å². The van der Waals surface area contributed by atoms with Gasteiger partial charge in [-0.2, -0.15) is 0 Å². The van der Waals surface area contributed by atoms with Crippen LogP contribution in [0.3, 0.4) is 0 Å². The second kappa shape index (κ2) is 8.10. The van der Waals surface area contributed by atoms with Gasteiger partial charge in [0, 0.05) is 41.7 Å². The van der Waals surface area contributed by atoms with Crippen LogP contribution < -0.4 is 5.32 Å². The Balaban J connectivity index is 1.39. The first kappa shape index (κ1) is 20.8. The number of carbonyl (C=O) groups excluding carboxylic acids is 2. The number of carbonyl (C=O) groups is 2. The van der Waals surface area contributed by atoms with Gasteiger partial charge in [-0.05, 0) is 48.4 Å². The molecule has 1 aliphatic heterocycles. The van der Waals surface area contributed by atoms with Crippen molar-refractivity contribution in [1.29, 1.82) is 0 Å². The fourth-order valence-corrected chi connectivity index (χ4v) is 6.01. The third-order valence-electron chi connectivity index (χ3n) is 6.70. The molecule has 0 aliphatic carbocycles. The van der Waals surface area contributed by atoms with E-state index in [0.29, 0.717) is 19.5 Å². The van der Waals surface area contributed by atoms with Crippen molar-refractivity contribution < 1.29 is 14.0 Å². The molecule has 1 aliphatic rings. The smallest absolute Gasteiger partial charge is 0.261 e. The molecule has 5 rings (SSSR count). The van der Waals surface area contributed by atoms with E-state index in [1.165, 1.54) is 16.9 Å². The number of rotatable bonds is 4. The number of nitrogens with one attached hydrogen (secondary N) is 1. The number of aryl methyl sites for hydroxylation is 2. The van der Waals surface area contributed by atoms with Crippen LogP contribution in [0.4, 0.5) is 0 Å². The molecule has 1 saturated heterocycles. The van der Waals surface area contributed by atoms with E-state index in [1.807, 2.05) is 30.0 Å². The minimum Gasteiger partial charge on any atom is -0.464 e. The van der Waals surface area contributed by atoms with Crippen LogP contribution >= 0.6 is 11.3 Å². The van der Waals surface area contributed by atoms with Gasteiger partial charge in [0.25, 0.3) is 5.91 Å². The maximum Gasteiger partial charge on any atom is 0.261 e. The molecule has 32 heavy (non-hydrogen) atoms. The number of amides is 2. The summed E-state index contributed by atoms with van der Waals surface area (Å²) in [6.45, 7) is 5.45. The zero-order valence-corrected chi connectivity index (χ0v) is 19.3. The first-order valence-electron chi connectivity index (χ1n) is 11.0. The molecule has 0 radical (unpaired) electrons. The van der Waals surface area contributed by atoms with Crippen LogP contribution in [0.15, 0.2) is 47.1 Å². The minimum atomic E-state index is -0.0542. The standard InChI is InChI=1S/C26H26N2O3S/c1-15-8-9-19-18(14-31-24(19)16(15)2)12-22(29)28-11-10-17(13-28)23-20-6-4-5-7-21(20)32-25(23)26(30)27-3/h4-9,14,17H,10-13H2,1-3H3,(H,27,30). The SMILES string of the molecule is CNC(=O)c1sc2ccccc2c1C1CCN(C(=O)Cc2coc3c(C)c(C)ccc23)C1. The van der Waals surface area contributed by atoms with Gasteiger partial charge in [-0.1, -0.05) is 30.3 Å². The van der Waals surface area contributed by atoms with Gasteiger partial charge in [-0.25, -0.2) is 0 Å². The Morgan fingerprint density at radius 1 is 1.16 bits per heavy atom. The van der Waals surface area contributed by atoms with Gasteiger partial charge in [-0.15, -0.1) is 11.3 Å². The van der Waals surface area contributed by atoms with Crippen LogP contribution in [-0.4, -0.2) is 36.9 Å². The van der Waals surface area contributed by atoms with Gasteiger partial charge in [0.1, 0.15) is 5.58 Å². The molecule has 0 saturated carbocycles. The molecule has 6 heteroatoms. The highest BCUT2D eigenvalue weighted by Gasteiger charge is 2.32. The van der Waals surface area contributed by atoms with Crippen LogP contribution in [0.1, 0.15) is 44.3 Å². The predicted molar refractivity (Wildman–Crippen MR) is 129 cm³/mol. The number of hydrogen-bond donors (Lipinski definition) is 1. The Kier molecular flexibility index (Phi) is 5.25. The van der Waals surface area contributed by atoms with Crippen molar-refractivity contribution in [3.63, 3.8) is 0 Å².